The number of phenols is 1. The number of benzene rings is 1. The number of phenolic OH excluding ortho intramolecular Hbond substituents is 1. The lowest BCUT2D eigenvalue weighted by Crippen LogP contribution is -2.43. The number of nitrogens with one attached hydrogen (secondary N) is 1. The van der Waals surface area contributed by atoms with Gasteiger partial charge in [0.25, 0.3) is 0 Å². The second-order valence-electron chi connectivity index (χ2n) is 6.01. The summed E-state index contributed by atoms with van der Waals surface area (Å²) in [6.45, 7) is 8.00. The van der Waals surface area contributed by atoms with E-state index in [1.165, 1.54) is 0 Å². The highest BCUT2D eigenvalue weighted by molar-refractivity contribution is 8.01. The molecule has 1 aliphatic rings. The molecule has 1 aromatic rings. The average Bonchev–Trinajstić information content (AvgIpc) is 2.65. The van der Waals surface area contributed by atoms with Crippen molar-refractivity contribution in [3.63, 3.8) is 0 Å². The fourth-order valence-corrected chi connectivity index (χ4v) is 3.85. The van der Waals surface area contributed by atoms with Crippen molar-refractivity contribution in [2.75, 3.05) is 0 Å². The lowest BCUT2D eigenvalue weighted by atomic mass is 9.99. The molecule has 3 N–H and O–H groups in total. The zero-order valence-electron chi connectivity index (χ0n) is 12.2. The maximum atomic E-state index is 11.3. The Morgan fingerprint density at radius 3 is 2.55 bits per heavy atom. The van der Waals surface area contributed by atoms with Crippen molar-refractivity contribution in [1.82, 2.24) is 5.32 Å². The molecule has 1 fully saturated rings. The van der Waals surface area contributed by atoms with E-state index in [4.69, 9.17) is 0 Å². The number of aliphatic carboxylic acids is 1. The SMILES string of the molecule is CC(C)c1ccc(O)c(C2NC(C(=O)O)C(C)(C)S2)c1. The van der Waals surface area contributed by atoms with Crippen molar-refractivity contribution in [2.24, 2.45) is 0 Å². The summed E-state index contributed by atoms with van der Waals surface area (Å²) in [5.41, 5.74) is 1.90. The van der Waals surface area contributed by atoms with Crippen molar-refractivity contribution < 1.29 is 15.0 Å². The van der Waals surface area contributed by atoms with Crippen molar-refractivity contribution >= 4 is 17.7 Å². The van der Waals surface area contributed by atoms with Crippen LogP contribution in [-0.2, 0) is 4.79 Å². The molecular weight excluding hydrogens is 274 g/mol. The zero-order chi connectivity index (χ0) is 15.1. The number of carboxylic acid groups (broad SMARTS) is 1. The van der Waals surface area contributed by atoms with Crippen LogP contribution < -0.4 is 5.32 Å². The van der Waals surface area contributed by atoms with E-state index in [0.29, 0.717) is 5.92 Å². The minimum Gasteiger partial charge on any atom is -0.508 e. The van der Waals surface area contributed by atoms with Crippen LogP contribution in [-0.4, -0.2) is 27.0 Å². The van der Waals surface area contributed by atoms with Crippen molar-refractivity contribution in [3.8, 4) is 5.75 Å². The molecule has 1 saturated heterocycles. The van der Waals surface area contributed by atoms with E-state index in [0.717, 1.165) is 11.1 Å². The van der Waals surface area contributed by atoms with E-state index >= 15 is 0 Å². The molecule has 1 aromatic carbocycles. The molecule has 5 heteroatoms. The second-order valence-corrected chi connectivity index (χ2v) is 7.77. The summed E-state index contributed by atoms with van der Waals surface area (Å²) in [5.74, 6) is -0.283. The van der Waals surface area contributed by atoms with Gasteiger partial charge in [-0.15, -0.1) is 11.8 Å². The summed E-state index contributed by atoms with van der Waals surface area (Å²) < 4.78 is -0.420. The number of hydrogen-bond donors (Lipinski definition) is 3. The summed E-state index contributed by atoms with van der Waals surface area (Å²) in [6, 6.07) is 4.93. The average molecular weight is 295 g/mol. The van der Waals surface area contributed by atoms with Gasteiger partial charge < -0.3 is 10.2 Å². The van der Waals surface area contributed by atoms with Gasteiger partial charge in [0.15, 0.2) is 0 Å². The van der Waals surface area contributed by atoms with Crippen molar-refractivity contribution in [1.29, 1.82) is 0 Å². The first-order chi connectivity index (χ1) is 9.22. The van der Waals surface area contributed by atoms with Gasteiger partial charge in [-0.05, 0) is 37.5 Å². The second kappa shape index (κ2) is 5.30. The van der Waals surface area contributed by atoms with Crippen LogP contribution in [0.5, 0.6) is 5.75 Å². The monoisotopic (exact) mass is 295 g/mol. The van der Waals surface area contributed by atoms with E-state index in [2.05, 4.69) is 19.2 Å². The summed E-state index contributed by atoms with van der Waals surface area (Å²) in [6.07, 6.45) is 0. The molecule has 2 atom stereocenters. The molecule has 1 aliphatic heterocycles. The normalized spacial score (nSPS) is 25.1. The van der Waals surface area contributed by atoms with Crippen LogP contribution in [0.3, 0.4) is 0 Å². The third kappa shape index (κ3) is 2.79. The largest absolute Gasteiger partial charge is 0.508 e. The minimum atomic E-state index is -0.857. The van der Waals surface area contributed by atoms with Crippen LogP contribution in [0.4, 0.5) is 0 Å². The van der Waals surface area contributed by atoms with Crippen molar-refractivity contribution in [2.45, 2.75) is 49.8 Å². The summed E-state index contributed by atoms with van der Waals surface area (Å²) in [7, 11) is 0. The molecule has 0 aromatic heterocycles. The molecule has 0 bridgehead atoms. The standard InChI is InChI=1S/C15H21NO3S/c1-8(2)9-5-6-11(17)10(7-9)13-16-12(14(18)19)15(3,4)20-13/h5-8,12-13,16-17H,1-4H3,(H,18,19). The molecule has 4 nitrogen and oxygen atoms in total. The summed E-state index contributed by atoms with van der Waals surface area (Å²) >= 11 is 1.54. The van der Waals surface area contributed by atoms with E-state index < -0.39 is 16.8 Å². The van der Waals surface area contributed by atoms with Crippen LogP contribution in [0.15, 0.2) is 18.2 Å². The Morgan fingerprint density at radius 2 is 2.05 bits per heavy atom. The molecule has 1 heterocycles. The van der Waals surface area contributed by atoms with Crippen LogP contribution >= 0.6 is 11.8 Å². The van der Waals surface area contributed by atoms with E-state index in [9.17, 15) is 15.0 Å². The molecule has 110 valence electrons. The van der Waals surface area contributed by atoms with Gasteiger partial charge in [0, 0.05) is 10.3 Å². The van der Waals surface area contributed by atoms with Gasteiger partial charge in [-0.2, -0.15) is 0 Å². The first kappa shape index (κ1) is 15.2. The topological polar surface area (TPSA) is 69.6 Å². The molecule has 0 saturated carbocycles. The Hall–Kier alpha value is -1.20. The van der Waals surface area contributed by atoms with Gasteiger partial charge in [0.05, 0.1) is 5.37 Å². The number of carbonyl (C=O) groups is 1. The highest BCUT2D eigenvalue weighted by Gasteiger charge is 2.46. The Morgan fingerprint density at radius 1 is 1.40 bits per heavy atom. The van der Waals surface area contributed by atoms with Gasteiger partial charge in [-0.3, -0.25) is 10.1 Å². The molecule has 20 heavy (non-hydrogen) atoms. The van der Waals surface area contributed by atoms with Gasteiger partial charge in [-0.1, -0.05) is 19.9 Å². The fraction of sp³-hybridized carbons (Fsp3) is 0.533. The molecule has 0 spiro atoms. The summed E-state index contributed by atoms with van der Waals surface area (Å²) in [4.78, 5) is 11.3. The Bertz CT molecular complexity index is 528. The molecule has 2 rings (SSSR count). The maximum Gasteiger partial charge on any atom is 0.322 e. The number of carboxylic acids is 1. The highest BCUT2D eigenvalue weighted by Crippen LogP contribution is 2.48. The Kier molecular flexibility index (Phi) is 4.02. The molecule has 0 aliphatic carbocycles. The van der Waals surface area contributed by atoms with Crippen LogP contribution in [0.1, 0.15) is 50.1 Å². The predicted molar refractivity (Wildman–Crippen MR) is 81.2 cm³/mol. The number of rotatable bonds is 3. The first-order valence-corrected chi connectivity index (χ1v) is 7.60. The van der Waals surface area contributed by atoms with Crippen molar-refractivity contribution in [3.05, 3.63) is 29.3 Å². The number of hydrogen-bond acceptors (Lipinski definition) is 4. The third-order valence-electron chi connectivity index (χ3n) is 3.68. The Balaban J connectivity index is 2.34. The van der Waals surface area contributed by atoms with Gasteiger partial charge in [0.2, 0.25) is 0 Å². The van der Waals surface area contributed by atoms with Gasteiger partial charge in [0.1, 0.15) is 11.8 Å². The highest BCUT2D eigenvalue weighted by atomic mass is 32.2. The minimum absolute atomic E-state index is 0.204. The lowest BCUT2D eigenvalue weighted by Gasteiger charge is -2.20. The fourth-order valence-electron chi connectivity index (χ4n) is 2.42. The lowest BCUT2D eigenvalue weighted by molar-refractivity contribution is -0.139. The predicted octanol–water partition coefficient (Wildman–Crippen LogP) is 3.08. The van der Waals surface area contributed by atoms with E-state index in [-0.39, 0.29) is 11.1 Å². The number of thioether (sulfide) groups is 1. The summed E-state index contributed by atoms with van der Waals surface area (Å²) in [5, 5.41) is 22.3. The third-order valence-corrected chi connectivity index (χ3v) is 5.15. The molecular formula is C15H21NO3S. The quantitative estimate of drug-likeness (QED) is 0.799. The molecule has 0 radical (unpaired) electrons. The zero-order valence-corrected chi connectivity index (χ0v) is 13.0. The molecule has 2 unspecified atom stereocenters. The number of aromatic hydroxyl groups is 1. The van der Waals surface area contributed by atoms with Crippen LogP contribution in [0, 0.1) is 0 Å². The van der Waals surface area contributed by atoms with Crippen LogP contribution in [0.25, 0.3) is 0 Å². The van der Waals surface area contributed by atoms with Gasteiger partial charge in [-0.25, -0.2) is 0 Å². The van der Waals surface area contributed by atoms with Gasteiger partial charge >= 0.3 is 5.97 Å². The maximum absolute atomic E-state index is 11.3. The molecule has 0 amide bonds. The smallest absolute Gasteiger partial charge is 0.322 e. The van der Waals surface area contributed by atoms with E-state index in [1.807, 2.05) is 26.0 Å². The van der Waals surface area contributed by atoms with E-state index in [1.54, 1.807) is 17.8 Å². The Labute approximate surface area is 123 Å². The van der Waals surface area contributed by atoms with Crippen LogP contribution in [0.2, 0.25) is 0 Å². The first-order valence-electron chi connectivity index (χ1n) is 6.72.